The van der Waals surface area contributed by atoms with Crippen molar-refractivity contribution in [2.24, 2.45) is 11.3 Å². The van der Waals surface area contributed by atoms with Crippen LogP contribution in [0, 0.1) is 11.3 Å². The van der Waals surface area contributed by atoms with Gasteiger partial charge in [0.1, 0.15) is 0 Å². The number of nitrogens with zero attached hydrogens (tertiary/aromatic N) is 1. The molecule has 2 heterocycles. The minimum Gasteiger partial charge on any atom is -0.388 e. The van der Waals surface area contributed by atoms with Crippen molar-refractivity contribution in [3.8, 4) is 0 Å². The normalized spacial score (nSPS) is 33.8. The van der Waals surface area contributed by atoms with Crippen LogP contribution in [-0.4, -0.2) is 59.4 Å². The first-order chi connectivity index (χ1) is 8.43. The third-order valence-electron chi connectivity index (χ3n) is 4.41. The third-order valence-corrected chi connectivity index (χ3v) is 4.41. The van der Waals surface area contributed by atoms with E-state index in [9.17, 15) is 15.0 Å². The Morgan fingerprint density at radius 1 is 1.28 bits per heavy atom. The molecular formula is C13H24N2O3. The highest BCUT2D eigenvalue weighted by Gasteiger charge is 2.43. The molecule has 0 aliphatic carbocycles. The Bertz CT molecular complexity index is 303. The second-order valence-corrected chi connectivity index (χ2v) is 6.11. The summed E-state index contributed by atoms with van der Waals surface area (Å²) in [6.45, 7) is 6.36. The molecule has 3 N–H and O–H groups in total. The molecule has 5 nitrogen and oxygen atoms in total. The lowest BCUT2D eigenvalue weighted by Gasteiger charge is -2.38. The van der Waals surface area contributed by atoms with Gasteiger partial charge in [-0.05, 0) is 31.8 Å². The molecule has 3 unspecified atom stereocenters. The van der Waals surface area contributed by atoms with Crippen LogP contribution in [-0.2, 0) is 4.79 Å². The third kappa shape index (κ3) is 2.53. The zero-order chi connectivity index (χ0) is 13.3. The van der Waals surface area contributed by atoms with Crippen molar-refractivity contribution in [3.05, 3.63) is 0 Å². The molecule has 2 aliphatic rings. The number of piperidine rings is 1. The predicted octanol–water partition coefficient (Wildman–Crippen LogP) is -0.424. The fraction of sp³-hybridized carbons (Fsp3) is 0.923. The molecule has 0 spiro atoms. The molecule has 104 valence electrons. The van der Waals surface area contributed by atoms with Crippen molar-refractivity contribution in [3.63, 3.8) is 0 Å². The molecular weight excluding hydrogens is 232 g/mol. The largest absolute Gasteiger partial charge is 0.388 e. The molecule has 0 aromatic rings. The first-order valence-electron chi connectivity index (χ1n) is 6.79. The van der Waals surface area contributed by atoms with E-state index in [0.29, 0.717) is 5.92 Å². The van der Waals surface area contributed by atoms with Crippen LogP contribution < -0.4 is 5.32 Å². The molecule has 2 aliphatic heterocycles. The lowest BCUT2D eigenvalue weighted by Crippen LogP contribution is -2.48. The predicted molar refractivity (Wildman–Crippen MR) is 68.0 cm³/mol. The van der Waals surface area contributed by atoms with E-state index in [1.807, 2.05) is 13.8 Å². The van der Waals surface area contributed by atoms with Gasteiger partial charge >= 0.3 is 0 Å². The van der Waals surface area contributed by atoms with Crippen LogP contribution in [0.1, 0.15) is 26.7 Å². The second kappa shape index (κ2) is 5.15. The van der Waals surface area contributed by atoms with Gasteiger partial charge in [0, 0.05) is 18.5 Å². The minimum atomic E-state index is -0.797. The summed E-state index contributed by atoms with van der Waals surface area (Å²) >= 11 is 0. The topological polar surface area (TPSA) is 72.8 Å². The number of carbonyl (C=O) groups excluding carboxylic acids is 1. The highest BCUT2D eigenvalue weighted by molar-refractivity contribution is 5.82. The van der Waals surface area contributed by atoms with Crippen molar-refractivity contribution >= 4 is 5.91 Å². The van der Waals surface area contributed by atoms with E-state index in [-0.39, 0.29) is 19.0 Å². The van der Waals surface area contributed by atoms with E-state index in [0.717, 1.165) is 25.9 Å². The van der Waals surface area contributed by atoms with Crippen LogP contribution >= 0.6 is 0 Å². The number of amides is 1. The summed E-state index contributed by atoms with van der Waals surface area (Å²) in [4.78, 5) is 14.1. The maximum Gasteiger partial charge on any atom is 0.228 e. The van der Waals surface area contributed by atoms with E-state index in [1.54, 1.807) is 4.90 Å². The lowest BCUT2D eigenvalue weighted by atomic mass is 9.74. The SMILES string of the molecule is CC(C)(C(=O)N1CC(O)C(O)C1)C1CCCNC1. The first-order valence-corrected chi connectivity index (χ1v) is 6.79. The van der Waals surface area contributed by atoms with Crippen LogP contribution in [0.4, 0.5) is 0 Å². The zero-order valence-corrected chi connectivity index (χ0v) is 11.2. The molecule has 2 fully saturated rings. The monoisotopic (exact) mass is 256 g/mol. The molecule has 2 saturated heterocycles. The van der Waals surface area contributed by atoms with Gasteiger partial charge in [0.25, 0.3) is 0 Å². The molecule has 2 rings (SSSR count). The first kappa shape index (κ1) is 13.8. The summed E-state index contributed by atoms with van der Waals surface area (Å²) in [5, 5.41) is 22.4. The summed E-state index contributed by atoms with van der Waals surface area (Å²) in [6.07, 6.45) is 0.570. The number of likely N-dealkylation sites (tertiary alicyclic amines) is 1. The molecule has 0 aromatic heterocycles. The zero-order valence-electron chi connectivity index (χ0n) is 11.2. The average molecular weight is 256 g/mol. The maximum absolute atomic E-state index is 12.5. The number of carbonyl (C=O) groups is 1. The Morgan fingerprint density at radius 2 is 1.89 bits per heavy atom. The van der Waals surface area contributed by atoms with Gasteiger partial charge in [-0.15, -0.1) is 0 Å². The molecule has 0 saturated carbocycles. The molecule has 18 heavy (non-hydrogen) atoms. The summed E-state index contributed by atoms with van der Waals surface area (Å²) in [6, 6.07) is 0. The number of nitrogens with one attached hydrogen (secondary N) is 1. The molecule has 0 radical (unpaired) electrons. The van der Waals surface area contributed by atoms with Gasteiger partial charge in [-0.1, -0.05) is 13.8 Å². The molecule has 0 bridgehead atoms. The summed E-state index contributed by atoms with van der Waals surface area (Å²) in [5.74, 6) is 0.375. The second-order valence-electron chi connectivity index (χ2n) is 6.11. The summed E-state index contributed by atoms with van der Waals surface area (Å²) in [5.41, 5.74) is -0.433. The number of β-amino-alcohol motifs (C(OH)–C–C–N with tert-alkyl or cyclic N) is 2. The van der Waals surface area contributed by atoms with Gasteiger partial charge in [0.05, 0.1) is 12.2 Å². The average Bonchev–Trinajstić information content (AvgIpc) is 2.69. The highest BCUT2D eigenvalue weighted by atomic mass is 16.3. The van der Waals surface area contributed by atoms with Crippen molar-refractivity contribution in [1.29, 1.82) is 0 Å². The Hall–Kier alpha value is -0.650. The van der Waals surface area contributed by atoms with Gasteiger partial charge in [0.2, 0.25) is 5.91 Å². The number of hydrogen-bond acceptors (Lipinski definition) is 4. The van der Waals surface area contributed by atoms with Gasteiger partial charge in [-0.25, -0.2) is 0 Å². The van der Waals surface area contributed by atoms with Gasteiger partial charge < -0.3 is 20.4 Å². The smallest absolute Gasteiger partial charge is 0.228 e. The van der Waals surface area contributed by atoms with Gasteiger partial charge in [-0.2, -0.15) is 0 Å². The Balaban J connectivity index is 2.02. The van der Waals surface area contributed by atoms with Gasteiger partial charge in [-0.3, -0.25) is 4.79 Å². The van der Waals surface area contributed by atoms with E-state index >= 15 is 0 Å². The quantitative estimate of drug-likeness (QED) is 0.627. The Kier molecular flexibility index (Phi) is 3.94. The van der Waals surface area contributed by atoms with E-state index in [2.05, 4.69) is 5.32 Å². The minimum absolute atomic E-state index is 0.0480. The fourth-order valence-electron chi connectivity index (χ4n) is 2.99. The van der Waals surface area contributed by atoms with Gasteiger partial charge in [0.15, 0.2) is 0 Å². The van der Waals surface area contributed by atoms with Crippen LogP contribution in [0.3, 0.4) is 0 Å². The molecule has 3 atom stereocenters. The molecule has 0 aromatic carbocycles. The molecule has 1 amide bonds. The number of aliphatic hydroxyl groups is 2. The maximum atomic E-state index is 12.5. The lowest BCUT2D eigenvalue weighted by molar-refractivity contribution is -0.143. The summed E-state index contributed by atoms with van der Waals surface area (Å²) in [7, 11) is 0. The Labute approximate surface area is 108 Å². The van der Waals surface area contributed by atoms with E-state index < -0.39 is 17.6 Å². The number of rotatable bonds is 2. The van der Waals surface area contributed by atoms with Crippen molar-refractivity contribution in [2.45, 2.75) is 38.9 Å². The van der Waals surface area contributed by atoms with Crippen LogP contribution in [0.15, 0.2) is 0 Å². The van der Waals surface area contributed by atoms with E-state index in [4.69, 9.17) is 0 Å². The fourth-order valence-corrected chi connectivity index (χ4v) is 2.99. The highest BCUT2D eigenvalue weighted by Crippen LogP contribution is 2.34. The van der Waals surface area contributed by atoms with Crippen LogP contribution in [0.25, 0.3) is 0 Å². The van der Waals surface area contributed by atoms with Crippen LogP contribution in [0.2, 0.25) is 0 Å². The number of hydrogen-bond donors (Lipinski definition) is 3. The molecule has 5 heteroatoms. The van der Waals surface area contributed by atoms with Crippen molar-refractivity contribution in [2.75, 3.05) is 26.2 Å². The Morgan fingerprint density at radius 3 is 2.39 bits per heavy atom. The van der Waals surface area contributed by atoms with Crippen LogP contribution in [0.5, 0.6) is 0 Å². The van der Waals surface area contributed by atoms with Crippen molar-refractivity contribution < 1.29 is 15.0 Å². The number of aliphatic hydroxyl groups excluding tert-OH is 2. The standard InChI is InChI=1S/C13H24N2O3/c1-13(2,9-4-3-5-14-6-9)12(18)15-7-10(16)11(17)8-15/h9-11,14,16-17H,3-8H2,1-2H3. The summed E-state index contributed by atoms with van der Waals surface area (Å²) < 4.78 is 0. The van der Waals surface area contributed by atoms with Crippen molar-refractivity contribution in [1.82, 2.24) is 10.2 Å². The van der Waals surface area contributed by atoms with E-state index in [1.165, 1.54) is 0 Å².